The van der Waals surface area contributed by atoms with E-state index in [-0.39, 0.29) is 5.82 Å². The number of nitrogens with one attached hydrogen (secondary N) is 1. The summed E-state index contributed by atoms with van der Waals surface area (Å²) in [6, 6.07) is 12.6. The fraction of sp³-hybridized carbons (Fsp3) is 0.333. The zero-order valence-corrected chi connectivity index (χ0v) is 12.8. The highest BCUT2D eigenvalue weighted by Crippen LogP contribution is 2.42. The molecule has 0 radical (unpaired) electrons. The third kappa shape index (κ3) is 2.49. The number of ether oxygens (including phenoxy) is 1. The molecule has 0 aromatic heterocycles. The van der Waals surface area contributed by atoms with Crippen LogP contribution in [0.3, 0.4) is 0 Å². The Morgan fingerprint density at radius 3 is 2.82 bits per heavy atom. The Kier molecular flexibility index (Phi) is 3.89. The molecule has 1 aliphatic carbocycles. The van der Waals surface area contributed by atoms with Crippen LogP contribution >= 0.6 is 0 Å². The van der Waals surface area contributed by atoms with Crippen molar-refractivity contribution in [3.63, 3.8) is 0 Å². The lowest BCUT2D eigenvalue weighted by molar-refractivity contribution is -0.0488. The minimum atomic E-state index is -1.04. The predicted molar refractivity (Wildman–Crippen MR) is 83.5 cm³/mol. The van der Waals surface area contributed by atoms with Crippen LogP contribution in [0.25, 0.3) is 0 Å². The Labute approximate surface area is 129 Å². The van der Waals surface area contributed by atoms with E-state index >= 15 is 0 Å². The van der Waals surface area contributed by atoms with Gasteiger partial charge >= 0.3 is 0 Å². The molecule has 0 aliphatic heterocycles. The number of likely N-dealkylation sites (N-methyl/N-ethyl adjacent to an activating group) is 1. The largest absolute Gasteiger partial charge is 0.482 e. The summed E-state index contributed by atoms with van der Waals surface area (Å²) in [5.41, 5.74) is 1.44. The third-order valence-corrected chi connectivity index (χ3v) is 4.27. The van der Waals surface area contributed by atoms with Crippen LogP contribution in [-0.2, 0) is 6.42 Å². The van der Waals surface area contributed by atoms with Gasteiger partial charge < -0.3 is 15.2 Å². The van der Waals surface area contributed by atoms with Crippen LogP contribution in [0.2, 0.25) is 0 Å². The van der Waals surface area contributed by atoms with E-state index in [9.17, 15) is 9.50 Å². The summed E-state index contributed by atoms with van der Waals surface area (Å²) in [6.07, 6.45) is -0.0000827. The SMILES string of the molecule is CNC[C@]1(O)Cc2ccccc2[C@@H]1Oc1cccc(F)c1C. The van der Waals surface area contributed by atoms with E-state index in [2.05, 4.69) is 5.32 Å². The van der Waals surface area contributed by atoms with Gasteiger partial charge in [0.2, 0.25) is 0 Å². The average Bonchev–Trinajstić information content (AvgIpc) is 2.76. The highest BCUT2D eigenvalue weighted by Gasteiger charge is 2.46. The van der Waals surface area contributed by atoms with Crippen molar-refractivity contribution in [1.82, 2.24) is 5.32 Å². The Morgan fingerprint density at radius 2 is 2.05 bits per heavy atom. The normalized spacial score (nSPS) is 23.4. The number of hydrogen-bond acceptors (Lipinski definition) is 3. The van der Waals surface area contributed by atoms with E-state index in [1.165, 1.54) is 6.07 Å². The van der Waals surface area contributed by atoms with Gasteiger partial charge in [0.05, 0.1) is 0 Å². The minimum Gasteiger partial charge on any atom is -0.482 e. The summed E-state index contributed by atoms with van der Waals surface area (Å²) in [5, 5.41) is 14.0. The molecule has 2 aromatic carbocycles. The predicted octanol–water partition coefficient (Wildman–Crippen LogP) is 2.76. The van der Waals surface area contributed by atoms with E-state index in [0.717, 1.165) is 11.1 Å². The molecule has 0 spiro atoms. The van der Waals surface area contributed by atoms with Crippen LogP contribution in [0.4, 0.5) is 4.39 Å². The lowest BCUT2D eigenvalue weighted by Crippen LogP contribution is -2.45. The van der Waals surface area contributed by atoms with Gasteiger partial charge in [0.1, 0.15) is 17.2 Å². The smallest absolute Gasteiger partial charge is 0.154 e. The molecule has 116 valence electrons. The van der Waals surface area contributed by atoms with Crippen molar-refractivity contribution < 1.29 is 14.2 Å². The van der Waals surface area contributed by atoms with Crippen molar-refractivity contribution in [2.75, 3.05) is 13.6 Å². The number of benzene rings is 2. The number of halogens is 1. The molecule has 3 nitrogen and oxygen atoms in total. The zero-order valence-electron chi connectivity index (χ0n) is 12.8. The Morgan fingerprint density at radius 1 is 1.27 bits per heavy atom. The molecule has 1 aliphatic rings. The molecule has 0 fully saturated rings. The van der Waals surface area contributed by atoms with Crippen molar-refractivity contribution in [2.45, 2.75) is 25.0 Å². The van der Waals surface area contributed by atoms with Gasteiger partial charge in [-0.2, -0.15) is 0 Å². The summed E-state index contributed by atoms with van der Waals surface area (Å²) < 4.78 is 19.8. The van der Waals surface area contributed by atoms with Crippen molar-refractivity contribution in [3.8, 4) is 5.75 Å². The van der Waals surface area contributed by atoms with Gasteiger partial charge in [0.25, 0.3) is 0 Å². The number of aliphatic hydroxyl groups is 1. The van der Waals surface area contributed by atoms with Crippen LogP contribution in [0.5, 0.6) is 5.75 Å². The molecule has 0 saturated heterocycles. The molecule has 0 heterocycles. The zero-order chi connectivity index (χ0) is 15.7. The second-order valence-corrected chi connectivity index (χ2v) is 5.87. The highest BCUT2D eigenvalue weighted by molar-refractivity contribution is 5.41. The summed E-state index contributed by atoms with van der Waals surface area (Å²) >= 11 is 0. The second kappa shape index (κ2) is 5.71. The Balaban J connectivity index is 2.00. The molecule has 22 heavy (non-hydrogen) atoms. The van der Waals surface area contributed by atoms with Gasteiger partial charge in [-0.25, -0.2) is 4.39 Å². The van der Waals surface area contributed by atoms with E-state index in [4.69, 9.17) is 4.74 Å². The maximum absolute atomic E-state index is 13.7. The monoisotopic (exact) mass is 301 g/mol. The Bertz CT molecular complexity index is 689. The first-order valence-electron chi connectivity index (χ1n) is 7.42. The van der Waals surface area contributed by atoms with Crippen LogP contribution in [0.15, 0.2) is 42.5 Å². The highest BCUT2D eigenvalue weighted by atomic mass is 19.1. The van der Waals surface area contributed by atoms with Crippen LogP contribution in [0, 0.1) is 12.7 Å². The number of fused-ring (bicyclic) bond motifs is 1. The van der Waals surface area contributed by atoms with Gasteiger partial charge in [-0.15, -0.1) is 0 Å². The third-order valence-electron chi connectivity index (χ3n) is 4.27. The van der Waals surface area contributed by atoms with Crippen molar-refractivity contribution >= 4 is 0 Å². The van der Waals surface area contributed by atoms with E-state index in [1.807, 2.05) is 24.3 Å². The van der Waals surface area contributed by atoms with Gasteiger partial charge in [-0.3, -0.25) is 0 Å². The molecular weight excluding hydrogens is 281 g/mol. The first-order valence-corrected chi connectivity index (χ1v) is 7.42. The fourth-order valence-electron chi connectivity index (χ4n) is 3.14. The Hall–Kier alpha value is -1.91. The second-order valence-electron chi connectivity index (χ2n) is 5.87. The van der Waals surface area contributed by atoms with Gasteiger partial charge in [-0.1, -0.05) is 30.3 Å². The molecule has 0 saturated carbocycles. The summed E-state index contributed by atoms with van der Waals surface area (Å²) in [4.78, 5) is 0. The molecule has 2 atom stereocenters. The quantitative estimate of drug-likeness (QED) is 0.912. The summed E-state index contributed by atoms with van der Waals surface area (Å²) in [7, 11) is 1.80. The number of hydrogen-bond donors (Lipinski definition) is 2. The molecule has 0 unspecified atom stereocenters. The van der Waals surface area contributed by atoms with Gasteiger partial charge in [0, 0.05) is 18.5 Å². The molecule has 3 rings (SSSR count). The maximum atomic E-state index is 13.7. The van der Waals surface area contributed by atoms with Crippen LogP contribution in [0.1, 0.15) is 22.8 Å². The van der Waals surface area contributed by atoms with Crippen molar-refractivity contribution in [3.05, 3.63) is 65.0 Å². The lowest BCUT2D eigenvalue weighted by atomic mass is 9.97. The molecular formula is C18H20FNO2. The van der Waals surface area contributed by atoms with E-state index in [1.54, 1.807) is 26.1 Å². The summed E-state index contributed by atoms with van der Waals surface area (Å²) in [5.74, 6) is 0.164. The van der Waals surface area contributed by atoms with Gasteiger partial charge in [-0.05, 0) is 37.2 Å². The molecule has 0 bridgehead atoms. The summed E-state index contributed by atoms with van der Waals surface area (Å²) in [6.45, 7) is 2.09. The molecule has 2 aromatic rings. The lowest BCUT2D eigenvalue weighted by Gasteiger charge is -2.31. The minimum absolute atomic E-state index is 0.305. The van der Waals surface area contributed by atoms with E-state index in [0.29, 0.717) is 24.3 Å². The van der Waals surface area contributed by atoms with E-state index < -0.39 is 11.7 Å². The molecule has 0 amide bonds. The van der Waals surface area contributed by atoms with Crippen molar-refractivity contribution in [2.24, 2.45) is 0 Å². The van der Waals surface area contributed by atoms with Crippen LogP contribution in [-0.4, -0.2) is 24.3 Å². The topological polar surface area (TPSA) is 41.5 Å². The standard InChI is InChI=1S/C18H20FNO2/c1-12-15(19)8-5-9-16(12)22-17-14-7-4-3-6-13(14)10-18(17,21)11-20-2/h3-9,17,20-21H,10-11H2,1-2H3/t17-,18+/m0/s1. The number of rotatable bonds is 4. The molecule has 2 N–H and O–H groups in total. The first-order chi connectivity index (χ1) is 10.5. The first kappa shape index (κ1) is 15.0. The molecule has 4 heteroatoms. The van der Waals surface area contributed by atoms with Crippen molar-refractivity contribution in [1.29, 1.82) is 0 Å². The van der Waals surface area contributed by atoms with Gasteiger partial charge in [0.15, 0.2) is 6.10 Å². The van der Waals surface area contributed by atoms with Crippen LogP contribution < -0.4 is 10.1 Å². The average molecular weight is 301 g/mol. The fourth-order valence-corrected chi connectivity index (χ4v) is 3.14. The maximum Gasteiger partial charge on any atom is 0.154 e.